The summed E-state index contributed by atoms with van der Waals surface area (Å²) < 4.78 is 8.78. The molecular weight excluding hydrogens is 346 g/mol. The van der Waals surface area contributed by atoms with Crippen molar-refractivity contribution in [3.05, 3.63) is 48.4 Å². The summed E-state index contributed by atoms with van der Waals surface area (Å²) in [5.74, 6) is 5.21. The fourth-order valence-electron chi connectivity index (χ4n) is 1.73. The molecule has 2 rings (SSSR count). The number of nitrogens with one attached hydrogen (secondary N) is 1. The molecule has 0 fully saturated rings. The fourth-order valence-corrected chi connectivity index (χ4v) is 3.57. The zero-order chi connectivity index (χ0) is 17.4. The highest BCUT2D eigenvalue weighted by Crippen LogP contribution is 2.31. The molecule has 0 amide bonds. The first-order valence-electron chi connectivity index (χ1n) is 7.03. The number of ether oxygens (including phenoxy) is 1. The van der Waals surface area contributed by atoms with Gasteiger partial charge in [0.05, 0.1) is 21.9 Å². The van der Waals surface area contributed by atoms with Gasteiger partial charge in [-0.15, -0.1) is 11.3 Å². The minimum atomic E-state index is -0.426. The lowest BCUT2D eigenvalue weighted by molar-refractivity contribution is -0.141. The van der Waals surface area contributed by atoms with Crippen LogP contribution in [-0.4, -0.2) is 36.2 Å². The lowest BCUT2D eigenvalue weighted by Gasteiger charge is -2.13. The van der Waals surface area contributed by atoms with Crippen molar-refractivity contribution in [3.63, 3.8) is 0 Å². The van der Waals surface area contributed by atoms with E-state index in [9.17, 15) is 4.79 Å². The van der Waals surface area contributed by atoms with Gasteiger partial charge in [-0.25, -0.2) is 5.84 Å². The molecule has 2 aromatic rings. The van der Waals surface area contributed by atoms with Gasteiger partial charge in [-0.1, -0.05) is 6.07 Å². The van der Waals surface area contributed by atoms with Crippen LogP contribution in [0.25, 0.3) is 10.6 Å². The molecule has 0 aliphatic rings. The molecule has 7 nitrogen and oxygen atoms in total. The number of hydrogen-bond acceptors (Lipinski definition) is 9. The maximum Gasteiger partial charge on any atom is 0.326 e. The monoisotopic (exact) mass is 365 g/mol. The molecule has 0 aliphatic carbocycles. The predicted molar refractivity (Wildman–Crippen MR) is 96.6 cm³/mol. The van der Waals surface area contributed by atoms with Gasteiger partial charge >= 0.3 is 5.97 Å². The number of methoxy groups -OCH3 is 1. The Morgan fingerprint density at radius 1 is 1.46 bits per heavy atom. The van der Waals surface area contributed by atoms with Crippen LogP contribution in [0, 0.1) is 0 Å². The Balaban J connectivity index is 1.80. The summed E-state index contributed by atoms with van der Waals surface area (Å²) >= 11 is 3.12. The molecule has 0 spiro atoms. The number of carbonyl (C=O) groups excluding carboxylic acids is 1. The van der Waals surface area contributed by atoms with E-state index in [-0.39, 0.29) is 6.54 Å². The molecule has 9 heteroatoms. The highest BCUT2D eigenvalue weighted by Gasteiger charge is 2.06. The molecule has 0 saturated heterocycles. The molecular formula is C15H19N5O2S2. The highest BCUT2D eigenvalue weighted by molar-refractivity contribution is 7.99. The number of rotatable bonds is 8. The van der Waals surface area contributed by atoms with Crippen LogP contribution < -0.4 is 16.3 Å². The lowest BCUT2D eigenvalue weighted by Crippen LogP contribution is -2.33. The Hall–Kier alpha value is -2.07. The van der Waals surface area contributed by atoms with Crippen molar-refractivity contribution in [3.8, 4) is 10.6 Å². The first-order valence-corrected chi connectivity index (χ1v) is 8.67. The zero-order valence-electron chi connectivity index (χ0n) is 13.1. The summed E-state index contributed by atoms with van der Waals surface area (Å²) in [6.45, 7) is 0.374. The molecule has 0 aromatic carbocycles. The molecule has 2 heterocycles. The standard InChI is InChI=1S/C15H19N5O2S2/c1-22-14(21)10-20(17)9-11(16)8-19-24-15-6-5-13(23-15)12-4-2-3-7-18-12/h2-7,9,19H,8,10,16-17H2,1H3/b11-9-. The van der Waals surface area contributed by atoms with Gasteiger partial charge in [-0.2, -0.15) is 0 Å². The largest absolute Gasteiger partial charge is 0.468 e. The van der Waals surface area contributed by atoms with Crippen LogP contribution in [0.2, 0.25) is 0 Å². The molecule has 0 bridgehead atoms. The van der Waals surface area contributed by atoms with Crippen molar-refractivity contribution in [1.29, 1.82) is 0 Å². The molecule has 0 atom stereocenters. The van der Waals surface area contributed by atoms with Gasteiger partial charge in [0.2, 0.25) is 0 Å². The molecule has 0 saturated carbocycles. The number of thiophene rings is 1. The normalized spacial score (nSPS) is 11.3. The van der Waals surface area contributed by atoms with E-state index in [2.05, 4.69) is 14.4 Å². The molecule has 0 aliphatic heterocycles. The van der Waals surface area contributed by atoms with Crippen LogP contribution in [0.1, 0.15) is 0 Å². The summed E-state index contributed by atoms with van der Waals surface area (Å²) in [5.41, 5.74) is 7.32. The second-order valence-electron chi connectivity index (χ2n) is 4.71. The zero-order valence-corrected chi connectivity index (χ0v) is 14.8. The summed E-state index contributed by atoms with van der Waals surface area (Å²) in [4.78, 5) is 16.5. The Bertz CT molecular complexity index is 690. The van der Waals surface area contributed by atoms with Gasteiger partial charge in [0.25, 0.3) is 0 Å². The Labute approximate surface area is 148 Å². The number of nitrogens with two attached hydrogens (primary N) is 2. The quantitative estimate of drug-likeness (QED) is 0.280. The summed E-state index contributed by atoms with van der Waals surface area (Å²) in [6, 6.07) is 9.90. The Kier molecular flexibility index (Phi) is 7.07. The second-order valence-corrected chi connectivity index (χ2v) is 6.98. The van der Waals surface area contributed by atoms with Crippen molar-refractivity contribution in [1.82, 2.24) is 14.7 Å². The third-order valence-electron chi connectivity index (χ3n) is 2.82. The van der Waals surface area contributed by atoms with E-state index in [1.807, 2.05) is 30.3 Å². The Morgan fingerprint density at radius 3 is 3.00 bits per heavy atom. The van der Waals surface area contributed by atoms with Crippen molar-refractivity contribution >= 4 is 29.3 Å². The van der Waals surface area contributed by atoms with Gasteiger partial charge in [-0.05, 0) is 36.2 Å². The van der Waals surface area contributed by atoms with E-state index < -0.39 is 5.97 Å². The van der Waals surface area contributed by atoms with Crippen LogP contribution in [-0.2, 0) is 9.53 Å². The topological polar surface area (TPSA) is 106 Å². The Morgan fingerprint density at radius 2 is 2.29 bits per heavy atom. The van der Waals surface area contributed by atoms with Gasteiger partial charge in [0, 0.05) is 24.6 Å². The lowest BCUT2D eigenvalue weighted by atomic mass is 10.3. The van der Waals surface area contributed by atoms with Crippen molar-refractivity contribution in [2.24, 2.45) is 11.6 Å². The van der Waals surface area contributed by atoms with E-state index in [0.717, 1.165) is 14.8 Å². The third-order valence-corrected chi connectivity index (χ3v) is 4.85. The predicted octanol–water partition coefficient (Wildman–Crippen LogP) is 1.56. The molecule has 2 aromatic heterocycles. The first kappa shape index (κ1) is 18.3. The molecule has 0 unspecified atom stereocenters. The van der Waals surface area contributed by atoms with E-state index >= 15 is 0 Å². The number of pyridine rings is 1. The van der Waals surface area contributed by atoms with Crippen LogP contribution in [0.4, 0.5) is 0 Å². The van der Waals surface area contributed by atoms with Crippen molar-refractivity contribution < 1.29 is 9.53 Å². The number of hydrazine groups is 1. The SMILES string of the molecule is COC(=O)CN(N)/C=C(\N)CNSc1ccc(-c2ccccn2)s1. The van der Waals surface area contributed by atoms with E-state index in [1.54, 1.807) is 17.5 Å². The average Bonchev–Trinajstić information content (AvgIpc) is 3.04. The molecule has 24 heavy (non-hydrogen) atoms. The number of hydrogen-bond donors (Lipinski definition) is 3. The van der Waals surface area contributed by atoms with Crippen LogP contribution in [0.5, 0.6) is 0 Å². The summed E-state index contributed by atoms with van der Waals surface area (Å²) in [5, 5.41) is 1.19. The maximum absolute atomic E-state index is 11.1. The van der Waals surface area contributed by atoms with E-state index in [0.29, 0.717) is 12.2 Å². The highest BCUT2D eigenvalue weighted by atomic mass is 32.2. The smallest absolute Gasteiger partial charge is 0.326 e. The summed E-state index contributed by atoms with van der Waals surface area (Å²) in [7, 11) is 1.31. The van der Waals surface area contributed by atoms with Gasteiger partial charge in [-0.3, -0.25) is 14.5 Å². The number of esters is 1. The second kappa shape index (κ2) is 9.28. The van der Waals surface area contributed by atoms with Crippen LogP contribution in [0.15, 0.2) is 52.6 Å². The fraction of sp³-hybridized carbons (Fsp3) is 0.200. The van der Waals surface area contributed by atoms with E-state index in [4.69, 9.17) is 11.6 Å². The first-order chi connectivity index (χ1) is 11.6. The molecule has 0 radical (unpaired) electrons. The maximum atomic E-state index is 11.1. The molecule has 128 valence electrons. The van der Waals surface area contributed by atoms with Crippen molar-refractivity contribution in [2.45, 2.75) is 4.21 Å². The minimum absolute atomic E-state index is 0.0529. The van der Waals surface area contributed by atoms with Crippen LogP contribution >= 0.6 is 23.3 Å². The average molecular weight is 365 g/mol. The molecule has 5 N–H and O–H groups in total. The van der Waals surface area contributed by atoms with Crippen LogP contribution in [0.3, 0.4) is 0 Å². The number of carbonyl (C=O) groups is 1. The van der Waals surface area contributed by atoms with Gasteiger partial charge < -0.3 is 15.5 Å². The van der Waals surface area contributed by atoms with Crippen molar-refractivity contribution in [2.75, 3.05) is 20.2 Å². The van der Waals surface area contributed by atoms with Gasteiger partial charge in [0.1, 0.15) is 6.54 Å². The summed E-state index contributed by atoms with van der Waals surface area (Å²) in [6.07, 6.45) is 3.27. The van der Waals surface area contributed by atoms with Gasteiger partial charge in [0.15, 0.2) is 0 Å². The third kappa shape index (κ3) is 5.85. The minimum Gasteiger partial charge on any atom is -0.468 e. The van der Waals surface area contributed by atoms with E-state index in [1.165, 1.54) is 30.3 Å². The number of nitrogens with zero attached hydrogens (tertiary/aromatic N) is 2. The number of aromatic nitrogens is 1.